The van der Waals surface area contributed by atoms with Gasteiger partial charge in [0.25, 0.3) is 5.69 Å². The minimum Gasteiger partial charge on any atom is -0.258 e. The Bertz CT molecular complexity index is 494. The minimum atomic E-state index is -0.542. The molecule has 4 nitrogen and oxygen atoms in total. The number of hydrogen-bond donors (Lipinski definition) is 0. The number of nitro groups is 1. The summed E-state index contributed by atoms with van der Waals surface area (Å²) >= 11 is 3.12. The van der Waals surface area contributed by atoms with Crippen LogP contribution in [0.25, 0.3) is 0 Å². The summed E-state index contributed by atoms with van der Waals surface area (Å²) in [4.78, 5) is 9.99. The van der Waals surface area contributed by atoms with Gasteiger partial charge in [-0.15, -0.1) is 0 Å². The quantitative estimate of drug-likeness (QED) is 0.338. The van der Waals surface area contributed by atoms with E-state index < -0.39 is 4.92 Å². The number of hydrogen-bond acceptors (Lipinski definition) is 3. The SMILES string of the molecule is N#Cc1cc(C#CCBr)cc([N+](=O)[O-])c1. The van der Waals surface area contributed by atoms with Gasteiger partial charge in [-0.25, -0.2) is 0 Å². The molecular weight excluding hydrogens is 260 g/mol. The van der Waals surface area contributed by atoms with Crippen molar-refractivity contribution in [1.82, 2.24) is 0 Å². The van der Waals surface area contributed by atoms with E-state index in [1.54, 1.807) is 0 Å². The van der Waals surface area contributed by atoms with Crippen molar-refractivity contribution >= 4 is 21.6 Å². The third-order valence-corrected chi connectivity index (χ3v) is 1.84. The fourth-order valence-electron chi connectivity index (χ4n) is 0.989. The van der Waals surface area contributed by atoms with E-state index in [9.17, 15) is 10.1 Å². The molecule has 0 heterocycles. The van der Waals surface area contributed by atoms with E-state index in [1.807, 2.05) is 6.07 Å². The predicted octanol–water partition coefficient (Wildman–Crippen LogP) is 2.21. The predicted molar refractivity (Wildman–Crippen MR) is 58.5 cm³/mol. The monoisotopic (exact) mass is 264 g/mol. The zero-order chi connectivity index (χ0) is 11.3. The lowest BCUT2D eigenvalue weighted by Gasteiger charge is -1.94. The normalized spacial score (nSPS) is 8.53. The number of rotatable bonds is 1. The highest BCUT2D eigenvalue weighted by atomic mass is 79.9. The first-order valence-corrected chi connectivity index (χ1v) is 5.04. The number of benzene rings is 1. The second-order valence-corrected chi connectivity index (χ2v) is 3.13. The fourth-order valence-corrected chi connectivity index (χ4v) is 1.13. The van der Waals surface area contributed by atoms with Crippen LogP contribution in [0.3, 0.4) is 0 Å². The largest absolute Gasteiger partial charge is 0.271 e. The Morgan fingerprint density at radius 1 is 1.40 bits per heavy atom. The molecule has 0 fully saturated rings. The van der Waals surface area contributed by atoms with Gasteiger partial charge in [-0.2, -0.15) is 5.26 Å². The lowest BCUT2D eigenvalue weighted by atomic mass is 10.1. The van der Waals surface area contributed by atoms with Crippen LogP contribution in [0.5, 0.6) is 0 Å². The molecule has 0 spiro atoms. The molecule has 0 radical (unpaired) electrons. The van der Waals surface area contributed by atoms with Crippen LogP contribution in [-0.2, 0) is 0 Å². The van der Waals surface area contributed by atoms with Gasteiger partial charge in [-0.05, 0) is 6.07 Å². The number of nitro benzene ring substituents is 1. The van der Waals surface area contributed by atoms with Crippen molar-refractivity contribution in [1.29, 1.82) is 5.26 Å². The lowest BCUT2D eigenvalue weighted by Crippen LogP contribution is -1.90. The van der Waals surface area contributed by atoms with E-state index in [4.69, 9.17) is 5.26 Å². The third kappa shape index (κ3) is 3.08. The maximum absolute atomic E-state index is 10.5. The Kier molecular flexibility index (Phi) is 3.84. The summed E-state index contributed by atoms with van der Waals surface area (Å²) in [6, 6.07) is 5.94. The van der Waals surface area contributed by atoms with Crippen molar-refractivity contribution in [3.8, 4) is 17.9 Å². The Balaban J connectivity index is 3.24. The average Bonchev–Trinajstić information content (AvgIpc) is 2.25. The van der Waals surface area contributed by atoms with Crippen LogP contribution in [0.4, 0.5) is 5.69 Å². The Morgan fingerprint density at radius 2 is 2.07 bits per heavy atom. The molecule has 0 unspecified atom stereocenters. The van der Waals surface area contributed by atoms with E-state index in [0.29, 0.717) is 10.9 Å². The summed E-state index contributed by atoms with van der Waals surface area (Å²) < 4.78 is 0. The molecule has 0 bridgehead atoms. The zero-order valence-corrected chi connectivity index (χ0v) is 9.11. The molecule has 15 heavy (non-hydrogen) atoms. The number of halogens is 1. The average molecular weight is 265 g/mol. The second kappa shape index (κ2) is 5.14. The molecule has 1 rings (SSSR count). The van der Waals surface area contributed by atoms with E-state index >= 15 is 0 Å². The maximum Gasteiger partial charge on any atom is 0.271 e. The van der Waals surface area contributed by atoms with Crippen LogP contribution in [0, 0.1) is 33.3 Å². The highest BCUT2D eigenvalue weighted by molar-refractivity contribution is 9.09. The number of nitriles is 1. The molecule has 74 valence electrons. The smallest absolute Gasteiger partial charge is 0.258 e. The van der Waals surface area contributed by atoms with Crippen molar-refractivity contribution < 1.29 is 4.92 Å². The molecule has 5 heteroatoms. The van der Waals surface area contributed by atoms with Crippen molar-refractivity contribution in [2.45, 2.75) is 0 Å². The Hall–Kier alpha value is -1.85. The van der Waals surface area contributed by atoms with Crippen LogP contribution in [-0.4, -0.2) is 10.3 Å². The van der Waals surface area contributed by atoms with Crippen LogP contribution in [0.2, 0.25) is 0 Å². The minimum absolute atomic E-state index is 0.118. The van der Waals surface area contributed by atoms with Crippen LogP contribution >= 0.6 is 15.9 Å². The summed E-state index contributed by atoms with van der Waals surface area (Å²) in [7, 11) is 0. The first-order chi connectivity index (χ1) is 7.17. The topological polar surface area (TPSA) is 66.9 Å². The molecule has 0 aromatic heterocycles. The van der Waals surface area contributed by atoms with Crippen molar-refractivity contribution in [3.05, 3.63) is 39.4 Å². The number of alkyl halides is 1. The van der Waals surface area contributed by atoms with Crippen molar-refractivity contribution in [3.63, 3.8) is 0 Å². The van der Waals surface area contributed by atoms with E-state index in [2.05, 4.69) is 27.8 Å². The molecule has 0 aliphatic carbocycles. The lowest BCUT2D eigenvalue weighted by molar-refractivity contribution is -0.384. The van der Waals surface area contributed by atoms with Gasteiger partial charge in [0.1, 0.15) is 0 Å². The van der Waals surface area contributed by atoms with Crippen molar-refractivity contribution in [2.75, 3.05) is 5.33 Å². The van der Waals surface area contributed by atoms with Crippen LogP contribution in [0.15, 0.2) is 18.2 Å². The molecule has 0 atom stereocenters. The van der Waals surface area contributed by atoms with Gasteiger partial charge in [0, 0.05) is 17.7 Å². The first kappa shape index (κ1) is 11.2. The Labute approximate surface area is 94.8 Å². The number of non-ortho nitro benzene ring substituents is 1. The van der Waals surface area contributed by atoms with Gasteiger partial charge in [0.2, 0.25) is 0 Å². The van der Waals surface area contributed by atoms with Crippen LogP contribution in [0.1, 0.15) is 11.1 Å². The van der Waals surface area contributed by atoms with Gasteiger partial charge in [-0.3, -0.25) is 10.1 Å². The molecule has 1 aromatic carbocycles. The maximum atomic E-state index is 10.5. The van der Waals surface area contributed by atoms with Gasteiger partial charge < -0.3 is 0 Å². The summed E-state index contributed by atoms with van der Waals surface area (Å²) in [5, 5.41) is 19.7. The summed E-state index contributed by atoms with van der Waals surface area (Å²) in [5.74, 6) is 5.43. The molecule has 0 amide bonds. The number of nitrogens with zero attached hydrogens (tertiary/aromatic N) is 2. The standard InChI is InChI=1S/C10H5BrN2O2/c11-3-1-2-8-4-9(7-12)6-10(5-8)13(14)15/h4-6H,3H2. The van der Waals surface area contributed by atoms with Crippen LogP contribution < -0.4 is 0 Å². The molecule has 0 aliphatic heterocycles. The third-order valence-electron chi connectivity index (χ3n) is 1.56. The van der Waals surface area contributed by atoms with Gasteiger partial charge in [0.15, 0.2) is 0 Å². The second-order valence-electron chi connectivity index (χ2n) is 2.57. The van der Waals surface area contributed by atoms with Gasteiger partial charge >= 0.3 is 0 Å². The molecule has 0 N–H and O–H groups in total. The zero-order valence-electron chi connectivity index (χ0n) is 7.53. The van der Waals surface area contributed by atoms with Gasteiger partial charge in [0.05, 0.1) is 21.9 Å². The van der Waals surface area contributed by atoms with Gasteiger partial charge in [-0.1, -0.05) is 27.8 Å². The van der Waals surface area contributed by atoms with E-state index in [-0.39, 0.29) is 11.3 Å². The molecule has 0 aliphatic rings. The molecule has 0 saturated heterocycles. The summed E-state index contributed by atoms with van der Waals surface area (Å²) in [6.07, 6.45) is 0. The Morgan fingerprint density at radius 3 is 2.60 bits per heavy atom. The molecule has 1 aromatic rings. The fraction of sp³-hybridized carbons (Fsp3) is 0.100. The first-order valence-electron chi connectivity index (χ1n) is 3.92. The highest BCUT2D eigenvalue weighted by Gasteiger charge is 2.08. The molecular formula is C10H5BrN2O2. The molecule has 0 saturated carbocycles. The van der Waals surface area contributed by atoms with E-state index in [1.165, 1.54) is 18.2 Å². The summed E-state index contributed by atoms with van der Waals surface area (Å²) in [6.45, 7) is 0. The highest BCUT2D eigenvalue weighted by Crippen LogP contribution is 2.15. The van der Waals surface area contributed by atoms with Crippen molar-refractivity contribution in [2.24, 2.45) is 0 Å². The van der Waals surface area contributed by atoms with E-state index in [0.717, 1.165) is 0 Å². The summed E-state index contributed by atoms with van der Waals surface area (Å²) in [5.41, 5.74) is 0.594.